The van der Waals surface area contributed by atoms with Crippen LogP contribution in [0.5, 0.6) is 6.08 Å². The summed E-state index contributed by atoms with van der Waals surface area (Å²) in [6.45, 7) is 4.10. The first-order valence-electron chi connectivity index (χ1n) is 8.08. The van der Waals surface area contributed by atoms with Crippen molar-refractivity contribution in [1.29, 1.82) is 0 Å². The zero-order valence-corrected chi connectivity index (χ0v) is 13.5. The van der Waals surface area contributed by atoms with E-state index in [-0.39, 0.29) is 24.1 Å². The Morgan fingerprint density at radius 3 is 2.96 bits per heavy atom. The first-order chi connectivity index (χ1) is 11.7. The topological polar surface area (TPSA) is 67.6 Å². The Kier molecular flexibility index (Phi) is 4.98. The Labute approximate surface area is 139 Å². The molecule has 7 heteroatoms. The number of ether oxygens (including phenoxy) is 1. The van der Waals surface area contributed by atoms with E-state index in [1.807, 2.05) is 6.07 Å². The van der Waals surface area contributed by atoms with Gasteiger partial charge >= 0.3 is 6.08 Å². The molecule has 1 aromatic carbocycles. The number of aromatic nitrogens is 1. The number of carbonyl (C=O) groups is 1. The monoisotopic (exact) mass is 333 g/mol. The Morgan fingerprint density at radius 2 is 2.21 bits per heavy atom. The zero-order chi connectivity index (χ0) is 16.9. The average Bonchev–Trinajstić information content (AvgIpc) is 3.25. The number of halogens is 1. The van der Waals surface area contributed by atoms with Gasteiger partial charge in [0.1, 0.15) is 12.1 Å². The predicted molar refractivity (Wildman–Crippen MR) is 86.7 cm³/mol. The number of nitrogens with zero attached hydrogens (tertiary/aromatic N) is 2. The molecule has 0 unspecified atom stereocenters. The zero-order valence-electron chi connectivity index (χ0n) is 13.5. The van der Waals surface area contributed by atoms with Crippen LogP contribution < -0.4 is 15.0 Å². The summed E-state index contributed by atoms with van der Waals surface area (Å²) in [7, 11) is 0. The first kappa shape index (κ1) is 16.3. The van der Waals surface area contributed by atoms with Crippen molar-refractivity contribution in [2.45, 2.75) is 26.3 Å². The Morgan fingerprint density at radius 1 is 1.42 bits per heavy atom. The quantitative estimate of drug-likeness (QED) is 0.880. The van der Waals surface area contributed by atoms with E-state index in [0.717, 1.165) is 31.6 Å². The van der Waals surface area contributed by atoms with Gasteiger partial charge in [-0.15, -0.1) is 0 Å². The van der Waals surface area contributed by atoms with Gasteiger partial charge in [0.15, 0.2) is 5.69 Å². The molecule has 1 N–H and O–H groups in total. The SMILES string of the molecule is CCOc1nc(C(=O)NCc2c(F)cccc2N2CCCC2)co1. The minimum atomic E-state index is -0.430. The molecule has 1 aliphatic heterocycles. The van der Waals surface area contributed by atoms with Gasteiger partial charge in [-0.3, -0.25) is 4.79 Å². The maximum Gasteiger partial charge on any atom is 0.394 e. The number of rotatable bonds is 6. The lowest BCUT2D eigenvalue weighted by Gasteiger charge is -2.21. The van der Waals surface area contributed by atoms with Crippen LogP contribution in [-0.2, 0) is 6.54 Å². The summed E-state index contributed by atoms with van der Waals surface area (Å²) in [5.74, 6) is -0.754. The third-order valence-corrected chi connectivity index (χ3v) is 3.95. The van der Waals surface area contributed by atoms with E-state index >= 15 is 0 Å². The summed E-state index contributed by atoms with van der Waals surface area (Å²) in [4.78, 5) is 18.2. The van der Waals surface area contributed by atoms with Crippen LogP contribution in [0, 0.1) is 5.82 Å². The van der Waals surface area contributed by atoms with E-state index in [9.17, 15) is 9.18 Å². The fourth-order valence-electron chi connectivity index (χ4n) is 2.79. The van der Waals surface area contributed by atoms with Gasteiger partial charge in [-0.1, -0.05) is 6.07 Å². The molecule has 2 heterocycles. The molecule has 0 spiro atoms. The highest BCUT2D eigenvalue weighted by molar-refractivity contribution is 5.92. The molecular formula is C17H20FN3O3. The Balaban J connectivity index is 1.70. The molecule has 1 aliphatic rings. The number of hydrogen-bond donors (Lipinski definition) is 1. The van der Waals surface area contributed by atoms with Crippen molar-refractivity contribution in [2.75, 3.05) is 24.6 Å². The minimum Gasteiger partial charge on any atom is -0.450 e. The van der Waals surface area contributed by atoms with Crippen LogP contribution in [0.25, 0.3) is 0 Å². The second-order valence-corrected chi connectivity index (χ2v) is 5.55. The summed E-state index contributed by atoms with van der Waals surface area (Å²) in [5.41, 5.74) is 1.43. The van der Waals surface area contributed by atoms with Crippen LogP contribution in [0.2, 0.25) is 0 Å². The molecule has 0 radical (unpaired) electrons. The molecular weight excluding hydrogens is 313 g/mol. The van der Waals surface area contributed by atoms with Gasteiger partial charge in [0.05, 0.1) is 6.61 Å². The third-order valence-electron chi connectivity index (χ3n) is 3.95. The van der Waals surface area contributed by atoms with Gasteiger partial charge in [0.2, 0.25) is 0 Å². The number of benzene rings is 1. The van der Waals surface area contributed by atoms with Crippen molar-refractivity contribution in [3.8, 4) is 6.08 Å². The summed E-state index contributed by atoms with van der Waals surface area (Å²) < 4.78 is 24.3. The number of nitrogens with one attached hydrogen (secondary N) is 1. The van der Waals surface area contributed by atoms with E-state index in [1.165, 1.54) is 12.3 Å². The molecule has 0 aliphatic carbocycles. The smallest absolute Gasteiger partial charge is 0.394 e. The van der Waals surface area contributed by atoms with E-state index in [4.69, 9.17) is 9.15 Å². The number of hydrogen-bond acceptors (Lipinski definition) is 5. The van der Waals surface area contributed by atoms with E-state index in [1.54, 1.807) is 13.0 Å². The van der Waals surface area contributed by atoms with Gasteiger partial charge in [0, 0.05) is 30.9 Å². The van der Waals surface area contributed by atoms with Crippen LogP contribution >= 0.6 is 0 Å². The summed E-state index contributed by atoms with van der Waals surface area (Å²) in [6.07, 6.45) is 3.47. The summed E-state index contributed by atoms with van der Waals surface area (Å²) in [6, 6.07) is 4.99. The van der Waals surface area contributed by atoms with Crippen LogP contribution in [0.15, 0.2) is 28.9 Å². The number of carbonyl (C=O) groups excluding carboxylic acids is 1. The van der Waals surface area contributed by atoms with Crippen LogP contribution in [0.1, 0.15) is 35.8 Å². The maximum atomic E-state index is 14.2. The van der Waals surface area contributed by atoms with Crippen molar-refractivity contribution in [3.05, 3.63) is 41.5 Å². The fraction of sp³-hybridized carbons (Fsp3) is 0.412. The fourth-order valence-corrected chi connectivity index (χ4v) is 2.79. The summed E-state index contributed by atoms with van der Waals surface area (Å²) >= 11 is 0. The van der Waals surface area contributed by atoms with Crippen molar-refractivity contribution < 1.29 is 18.3 Å². The number of amides is 1. The molecule has 0 bridgehead atoms. The number of anilines is 1. The van der Waals surface area contributed by atoms with E-state index in [0.29, 0.717) is 12.2 Å². The van der Waals surface area contributed by atoms with E-state index < -0.39 is 5.91 Å². The molecule has 0 saturated carbocycles. The molecule has 24 heavy (non-hydrogen) atoms. The van der Waals surface area contributed by atoms with Crippen molar-refractivity contribution in [2.24, 2.45) is 0 Å². The van der Waals surface area contributed by atoms with Gasteiger partial charge < -0.3 is 19.4 Å². The van der Waals surface area contributed by atoms with Gasteiger partial charge in [-0.2, -0.15) is 4.98 Å². The normalized spacial score (nSPS) is 14.0. The Bertz CT molecular complexity index is 711. The molecule has 3 rings (SSSR count). The average molecular weight is 333 g/mol. The first-order valence-corrected chi connectivity index (χ1v) is 8.08. The van der Waals surface area contributed by atoms with Crippen LogP contribution in [0.3, 0.4) is 0 Å². The lowest BCUT2D eigenvalue weighted by Crippen LogP contribution is -2.26. The molecule has 0 atom stereocenters. The highest BCUT2D eigenvalue weighted by atomic mass is 19.1. The molecule has 1 aromatic heterocycles. The lowest BCUT2D eigenvalue weighted by atomic mass is 10.1. The van der Waals surface area contributed by atoms with Gasteiger partial charge in [0.25, 0.3) is 5.91 Å². The predicted octanol–water partition coefficient (Wildman–Crippen LogP) is 2.74. The molecule has 128 valence electrons. The highest BCUT2D eigenvalue weighted by Gasteiger charge is 2.19. The second kappa shape index (κ2) is 7.33. The van der Waals surface area contributed by atoms with Crippen molar-refractivity contribution >= 4 is 11.6 Å². The van der Waals surface area contributed by atoms with Crippen molar-refractivity contribution in [3.63, 3.8) is 0 Å². The van der Waals surface area contributed by atoms with Crippen molar-refractivity contribution in [1.82, 2.24) is 10.3 Å². The maximum absolute atomic E-state index is 14.2. The minimum absolute atomic E-state index is 0.0475. The second-order valence-electron chi connectivity index (χ2n) is 5.55. The molecule has 1 fully saturated rings. The third kappa shape index (κ3) is 3.50. The van der Waals surface area contributed by atoms with Gasteiger partial charge in [-0.05, 0) is 31.9 Å². The van der Waals surface area contributed by atoms with Crippen LogP contribution in [0.4, 0.5) is 10.1 Å². The molecule has 1 amide bonds. The highest BCUT2D eigenvalue weighted by Crippen LogP contribution is 2.26. The number of oxazole rings is 1. The summed E-state index contributed by atoms with van der Waals surface area (Å²) in [5, 5.41) is 2.69. The largest absolute Gasteiger partial charge is 0.450 e. The molecule has 6 nitrogen and oxygen atoms in total. The van der Waals surface area contributed by atoms with E-state index in [2.05, 4.69) is 15.2 Å². The Hall–Kier alpha value is -2.57. The van der Waals surface area contributed by atoms with Gasteiger partial charge in [-0.25, -0.2) is 4.39 Å². The standard InChI is InChI=1S/C17H20FN3O3/c1-2-23-17-20-14(11-24-17)16(22)19-10-12-13(18)6-5-7-15(12)21-8-3-4-9-21/h5-7,11H,2-4,8-10H2,1H3,(H,19,22). The lowest BCUT2D eigenvalue weighted by molar-refractivity contribution is 0.0945. The van der Waals surface area contributed by atoms with Crippen LogP contribution in [-0.4, -0.2) is 30.6 Å². The molecule has 1 saturated heterocycles. The molecule has 2 aromatic rings.